The molecule has 1 heterocycles. The van der Waals surface area contributed by atoms with E-state index in [1.165, 1.54) is 70.1 Å². The summed E-state index contributed by atoms with van der Waals surface area (Å²) in [5.74, 6) is -0.496. The molecule has 202 valence electrons. The fraction of sp³-hybridized carbons (Fsp3) is 0.545. The van der Waals surface area contributed by atoms with Crippen LogP contribution in [0.3, 0.4) is 0 Å². The zero-order valence-corrected chi connectivity index (χ0v) is 26.4. The number of carbonyl (C=O) groups is 1. The number of methoxy groups -OCH3 is 1. The van der Waals surface area contributed by atoms with Crippen molar-refractivity contribution in [2.75, 3.05) is 7.11 Å². The van der Waals surface area contributed by atoms with Crippen LogP contribution < -0.4 is 0 Å². The van der Waals surface area contributed by atoms with E-state index in [9.17, 15) is 4.79 Å². The molecule has 4 heteroatoms. The van der Waals surface area contributed by atoms with Crippen molar-refractivity contribution in [1.29, 1.82) is 0 Å². The molecule has 1 saturated heterocycles. The first-order valence-electron chi connectivity index (χ1n) is 14.6. The third-order valence-corrected chi connectivity index (χ3v) is 22.5. The zero-order valence-electron chi connectivity index (χ0n) is 23.6. The molecule has 3 unspecified atom stereocenters. The summed E-state index contributed by atoms with van der Waals surface area (Å²) >= 11 is -2.58. The Morgan fingerprint density at radius 3 is 1.84 bits per heavy atom. The van der Waals surface area contributed by atoms with Crippen LogP contribution in [0.1, 0.15) is 95.5 Å². The number of hydrogen-bond acceptors (Lipinski definition) is 3. The molecule has 0 amide bonds. The van der Waals surface area contributed by atoms with E-state index in [-0.39, 0.29) is 24.1 Å². The summed E-state index contributed by atoms with van der Waals surface area (Å²) in [5.41, 5.74) is 3.69. The van der Waals surface area contributed by atoms with E-state index in [1.54, 1.807) is 0 Å². The molecule has 0 bridgehead atoms. The van der Waals surface area contributed by atoms with Gasteiger partial charge in [0.2, 0.25) is 0 Å². The number of carbonyl (C=O) groups excluding carboxylic acids is 1. The Morgan fingerprint density at radius 2 is 1.35 bits per heavy atom. The molecule has 0 saturated carbocycles. The van der Waals surface area contributed by atoms with Gasteiger partial charge < -0.3 is 0 Å². The maximum atomic E-state index is 13.3. The van der Waals surface area contributed by atoms with E-state index >= 15 is 0 Å². The second-order valence-electron chi connectivity index (χ2n) is 10.9. The van der Waals surface area contributed by atoms with Crippen molar-refractivity contribution in [2.24, 2.45) is 5.92 Å². The van der Waals surface area contributed by atoms with Crippen LogP contribution in [0.2, 0.25) is 13.3 Å². The summed E-state index contributed by atoms with van der Waals surface area (Å²) in [4.78, 5) is 13.3. The van der Waals surface area contributed by atoms with Crippen molar-refractivity contribution < 1.29 is 14.3 Å². The average Bonchev–Trinajstić information content (AvgIpc) is 3.14. The SMILES string of the molecule is CCC[CH2][Sn](/[CH]=C1\CC(c2ccccc2)OC(c2ccccc2)C(C(=O)OC)C1)([CH2]CCC)[CH2]CCC. The van der Waals surface area contributed by atoms with Crippen molar-refractivity contribution in [3.63, 3.8) is 0 Å². The zero-order chi connectivity index (χ0) is 26.5. The Morgan fingerprint density at radius 1 is 0.838 bits per heavy atom. The van der Waals surface area contributed by atoms with Crippen molar-refractivity contribution in [2.45, 2.75) is 97.7 Å². The van der Waals surface area contributed by atoms with Crippen molar-refractivity contribution in [3.8, 4) is 0 Å². The fourth-order valence-corrected chi connectivity index (χ4v) is 21.5. The van der Waals surface area contributed by atoms with E-state index < -0.39 is 18.4 Å². The third-order valence-electron chi connectivity index (χ3n) is 8.00. The van der Waals surface area contributed by atoms with Crippen LogP contribution in [-0.2, 0) is 14.3 Å². The molecule has 2 aromatic rings. The molecule has 3 nitrogen and oxygen atoms in total. The molecule has 3 rings (SSSR count). The van der Waals surface area contributed by atoms with E-state index in [0.717, 1.165) is 18.4 Å². The molecular weight excluding hydrogens is 563 g/mol. The number of esters is 1. The van der Waals surface area contributed by atoms with E-state index in [4.69, 9.17) is 9.47 Å². The number of hydrogen-bond donors (Lipinski definition) is 0. The van der Waals surface area contributed by atoms with E-state index in [1.807, 2.05) is 18.2 Å². The minimum atomic E-state index is -2.58. The molecular formula is C33H48O3Sn. The standard InChI is InChI=1S/C21H21O3.3C4H9.Sn/c1-15-13-18(21(22)23-2)20(17-11-7-4-8-12-17)24-19(14-15)16-9-5-3-6-10-16;3*1-3-4-2;/h1,3-12,18-20H,13-14H2,2H3;3*1,3-4H2,2H3;. The van der Waals surface area contributed by atoms with Crippen LogP contribution in [0.15, 0.2) is 70.3 Å². The van der Waals surface area contributed by atoms with Gasteiger partial charge in [-0.3, -0.25) is 0 Å². The second-order valence-corrected chi connectivity index (χ2v) is 23.8. The van der Waals surface area contributed by atoms with Crippen LogP contribution in [-0.4, -0.2) is 31.5 Å². The quantitative estimate of drug-likeness (QED) is 0.167. The van der Waals surface area contributed by atoms with Gasteiger partial charge in [-0.2, -0.15) is 0 Å². The molecule has 3 atom stereocenters. The summed E-state index contributed by atoms with van der Waals surface area (Å²) in [5, 5.41) is 0. The molecule has 1 aliphatic rings. The Labute approximate surface area is 229 Å². The van der Waals surface area contributed by atoms with Gasteiger partial charge in [-0.25, -0.2) is 0 Å². The molecule has 0 radical (unpaired) electrons. The van der Waals surface area contributed by atoms with Crippen LogP contribution in [0, 0.1) is 5.92 Å². The second kappa shape index (κ2) is 15.7. The van der Waals surface area contributed by atoms with E-state index in [2.05, 4.69) is 67.3 Å². The number of unbranched alkanes of at least 4 members (excludes halogenated alkanes) is 3. The van der Waals surface area contributed by atoms with Gasteiger partial charge >= 0.3 is 231 Å². The number of ether oxygens (including phenoxy) is 2. The topological polar surface area (TPSA) is 35.5 Å². The van der Waals surface area contributed by atoms with Gasteiger partial charge in [-0.15, -0.1) is 0 Å². The Kier molecular flexibility index (Phi) is 12.7. The number of rotatable bonds is 13. The predicted molar refractivity (Wildman–Crippen MR) is 157 cm³/mol. The summed E-state index contributed by atoms with van der Waals surface area (Å²) in [6.07, 6.45) is 8.99. The minimum absolute atomic E-state index is 0.0696. The van der Waals surface area contributed by atoms with Gasteiger partial charge in [0.15, 0.2) is 0 Å². The molecule has 0 N–H and O–H groups in total. The van der Waals surface area contributed by atoms with Gasteiger partial charge in [-0.1, -0.05) is 0 Å². The molecule has 2 aromatic carbocycles. The van der Waals surface area contributed by atoms with Crippen molar-refractivity contribution in [3.05, 3.63) is 81.5 Å². The predicted octanol–water partition coefficient (Wildman–Crippen LogP) is 9.38. The summed E-state index contributed by atoms with van der Waals surface area (Å²) in [7, 11) is 1.51. The van der Waals surface area contributed by atoms with Gasteiger partial charge in [-0.05, 0) is 0 Å². The summed E-state index contributed by atoms with van der Waals surface area (Å²) < 4.78 is 19.4. The van der Waals surface area contributed by atoms with Crippen molar-refractivity contribution >= 4 is 24.3 Å². The van der Waals surface area contributed by atoms with Gasteiger partial charge in [0.1, 0.15) is 0 Å². The third kappa shape index (κ3) is 8.71. The van der Waals surface area contributed by atoms with Crippen LogP contribution in [0.25, 0.3) is 0 Å². The van der Waals surface area contributed by atoms with Crippen LogP contribution >= 0.6 is 0 Å². The summed E-state index contributed by atoms with van der Waals surface area (Å²) in [6, 6.07) is 20.9. The molecule has 0 aliphatic carbocycles. The normalized spacial score (nSPS) is 21.5. The first-order chi connectivity index (χ1) is 18.1. The number of benzene rings is 2. The Balaban J connectivity index is 2.10. The van der Waals surface area contributed by atoms with Gasteiger partial charge in [0.25, 0.3) is 0 Å². The van der Waals surface area contributed by atoms with Crippen LogP contribution in [0.4, 0.5) is 0 Å². The van der Waals surface area contributed by atoms with Gasteiger partial charge in [0, 0.05) is 0 Å². The molecule has 1 aliphatic heterocycles. The Hall–Kier alpha value is -1.59. The average molecular weight is 611 g/mol. The first-order valence-corrected chi connectivity index (χ1v) is 22.3. The van der Waals surface area contributed by atoms with Gasteiger partial charge in [0.05, 0.1) is 0 Å². The monoisotopic (exact) mass is 612 g/mol. The van der Waals surface area contributed by atoms with Crippen molar-refractivity contribution in [1.82, 2.24) is 0 Å². The molecule has 0 spiro atoms. The Bertz CT molecular complexity index is 934. The molecule has 1 fully saturated rings. The molecule has 0 aromatic heterocycles. The fourth-order valence-electron chi connectivity index (χ4n) is 5.94. The first kappa shape index (κ1) is 30.0. The summed E-state index contributed by atoms with van der Waals surface area (Å²) in [6.45, 7) is 6.98. The molecule has 37 heavy (non-hydrogen) atoms. The van der Waals surface area contributed by atoms with E-state index in [0.29, 0.717) is 0 Å². The van der Waals surface area contributed by atoms with Crippen LogP contribution in [0.5, 0.6) is 0 Å². The maximum absolute atomic E-state index is 13.3.